The maximum absolute atomic E-state index is 8.48. The lowest BCUT2D eigenvalue weighted by Crippen LogP contribution is -2.48. The van der Waals surface area contributed by atoms with E-state index in [-0.39, 0.29) is 24.5 Å². The summed E-state index contributed by atoms with van der Waals surface area (Å²) in [6, 6.07) is 9.65. The number of ether oxygens (including phenoxy) is 3. The first kappa shape index (κ1) is 12.4. The molecule has 3 rings (SSSR count). The largest absolute Gasteiger partial charge is 0.373 e. The minimum atomic E-state index is -0.365. The fourth-order valence-electron chi connectivity index (χ4n) is 2.45. The van der Waals surface area contributed by atoms with Gasteiger partial charge in [-0.1, -0.05) is 35.4 Å². The van der Waals surface area contributed by atoms with Crippen molar-refractivity contribution in [1.82, 2.24) is 0 Å². The predicted octanol–water partition coefficient (Wildman–Crippen LogP) is 2.57. The fraction of sp³-hybridized carbons (Fsp3) is 0.538. The highest BCUT2D eigenvalue weighted by atomic mass is 16.7. The Morgan fingerprint density at radius 2 is 1.95 bits per heavy atom. The Balaban J connectivity index is 1.69. The summed E-state index contributed by atoms with van der Waals surface area (Å²) in [6.07, 6.45) is 0.172. The molecule has 6 nitrogen and oxygen atoms in total. The molecule has 0 bridgehead atoms. The third-order valence-electron chi connectivity index (χ3n) is 3.42. The molecular formula is C13H15N3O3. The highest BCUT2D eigenvalue weighted by Crippen LogP contribution is 2.32. The molecule has 2 unspecified atom stereocenters. The van der Waals surface area contributed by atoms with Crippen molar-refractivity contribution in [3.63, 3.8) is 0 Å². The summed E-state index contributed by atoms with van der Waals surface area (Å²) in [7, 11) is 0. The summed E-state index contributed by atoms with van der Waals surface area (Å²) in [5.74, 6) is 0. The smallest absolute Gasteiger partial charge is 0.184 e. The second-order valence-corrected chi connectivity index (χ2v) is 4.72. The molecule has 4 atom stereocenters. The van der Waals surface area contributed by atoms with Gasteiger partial charge in [-0.25, -0.2) is 0 Å². The van der Waals surface area contributed by atoms with Crippen LogP contribution in [0.1, 0.15) is 18.3 Å². The molecule has 2 heterocycles. The van der Waals surface area contributed by atoms with Crippen molar-refractivity contribution in [2.75, 3.05) is 13.2 Å². The van der Waals surface area contributed by atoms with E-state index in [0.29, 0.717) is 19.6 Å². The van der Waals surface area contributed by atoms with Crippen molar-refractivity contribution < 1.29 is 14.2 Å². The molecule has 2 aliphatic heterocycles. The average molecular weight is 261 g/mol. The number of benzene rings is 1. The second-order valence-electron chi connectivity index (χ2n) is 4.72. The Kier molecular flexibility index (Phi) is 3.66. The van der Waals surface area contributed by atoms with Crippen molar-refractivity contribution in [3.8, 4) is 0 Å². The third kappa shape index (κ3) is 2.72. The van der Waals surface area contributed by atoms with Gasteiger partial charge in [0, 0.05) is 10.5 Å². The first-order valence-corrected chi connectivity index (χ1v) is 6.34. The van der Waals surface area contributed by atoms with Crippen LogP contribution in [0.5, 0.6) is 0 Å². The lowest BCUT2D eigenvalue weighted by molar-refractivity contribution is -0.279. The molecule has 0 amide bonds. The van der Waals surface area contributed by atoms with Gasteiger partial charge in [-0.15, -0.1) is 0 Å². The van der Waals surface area contributed by atoms with Crippen LogP contribution in [0.25, 0.3) is 10.4 Å². The van der Waals surface area contributed by atoms with E-state index in [2.05, 4.69) is 10.0 Å². The van der Waals surface area contributed by atoms with Crippen LogP contribution in [-0.2, 0) is 14.2 Å². The van der Waals surface area contributed by atoms with Gasteiger partial charge in [0.2, 0.25) is 0 Å². The molecule has 0 spiro atoms. The Labute approximate surface area is 110 Å². The van der Waals surface area contributed by atoms with Gasteiger partial charge in [0.25, 0.3) is 0 Å². The second kappa shape index (κ2) is 5.59. The molecule has 0 aliphatic carbocycles. The predicted molar refractivity (Wildman–Crippen MR) is 67.3 cm³/mol. The molecule has 1 aromatic rings. The first-order valence-electron chi connectivity index (χ1n) is 6.34. The van der Waals surface area contributed by atoms with Crippen LogP contribution < -0.4 is 0 Å². The van der Waals surface area contributed by atoms with E-state index < -0.39 is 0 Å². The lowest BCUT2D eigenvalue weighted by Gasteiger charge is -2.40. The number of rotatable bonds is 2. The van der Waals surface area contributed by atoms with Gasteiger partial charge in [-0.05, 0) is 12.0 Å². The summed E-state index contributed by atoms with van der Waals surface area (Å²) in [5.41, 5.74) is 9.47. The van der Waals surface area contributed by atoms with Crippen LogP contribution in [0.15, 0.2) is 35.4 Å². The lowest BCUT2D eigenvalue weighted by atomic mass is 10.0. The third-order valence-corrected chi connectivity index (χ3v) is 3.42. The van der Waals surface area contributed by atoms with E-state index in [9.17, 15) is 0 Å². The van der Waals surface area contributed by atoms with E-state index in [1.807, 2.05) is 30.3 Å². The highest BCUT2D eigenvalue weighted by molar-refractivity contribution is 5.16. The zero-order chi connectivity index (χ0) is 13.1. The number of hydrogen-bond donors (Lipinski definition) is 0. The minimum Gasteiger partial charge on any atom is -0.373 e. The van der Waals surface area contributed by atoms with E-state index >= 15 is 0 Å². The molecule has 0 saturated carbocycles. The highest BCUT2D eigenvalue weighted by Gasteiger charge is 2.38. The number of nitrogens with zero attached hydrogens (tertiary/aromatic N) is 3. The zero-order valence-corrected chi connectivity index (χ0v) is 10.4. The molecule has 0 N–H and O–H groups in total. The Morgan fingerprint density at radius 3 is 2.74 bits per heavy atom. The van der Waals surface area contributed by atoms with Crippen LogP contribution in [0.4, 0.5) is 0 Å². The normalized spacial score (nSPS) is 34.1. The topological polar surface area (TPSA) is 76.5 Å². The van der Waals surface area contributed by atoms with Crippen LogP contribution in [0.2, 0.25) is 0 Å². The molecule has 19 heavy (non-hydrogen) atoms. The van der Waals surface area contributed by atoms with Crippen LogP contribution in [-0.4, -0.2) is 31.5 Å². The molecule has 100 valence electrons. The molecule has 2 saturated heterocycles. The molecule has 2 fully saturated rings. The Morgan fingerprint density at radius 1 is 1.11 bits per heavy atom. The van der Waals surface area contributed by atoms with Crippen LogP contribution in [0, 0.1) is 0 Å². The monoisotopic (exact) mass is 261 g/mol. The summed E-state index contributed by atoms with van der Waals surface area (Å²) in [6.45, 7) is 0.946. The van der Waals surface area contributed by atoms with Crippen molar-refractivity contribution >= 4 is 0 Å². The molecule has 6 heteroatoms. The Hall–Kier alpha value is -1.59. The van der Waals surface area contributed by atoms with Gasteiger partial charge < -0.3 is 14.2 Å². The summed E-state index contributed by atoms with van der Waals surface area (Å²) >= 11 is 0. The number of hydrogen-bond acceptors (Lipinski definition) is 4. The van der Waals surface area contributed by atoms with Crippen molar-refractivity contribution in [2.45, 2.75) is 31.0 Å². The summed E-state index contributed by atoms with van der Waals surface area (Å²) in [4.78, 5) is 2.83. The fourth-order valence-corrected chi connectivity index (χ4v) is 2.45. The standard InChI is InChI=1S/C13H15N3O3/c14-16-15-10-6-11-12(17-7-10)8-18-13(19-11)9-4-2-1-3-5-9/h1-5,10-13H,6-8H2/t10?,11-,12+,13?/m0/s1. The average Bonchev–Trinajstić information content (AvgIpc) is 2.48. The SMILES string of the molecule is [N-]=[N+]=NC1CO[C@@H]2COC(c3ccccc3)O[C@H]2C1. The maximum atomic E-state index is 8.48. The molecule has 2 aliphatic rings. The van der Waals surface area contributed by atoms with Gasteiger partial charge in [0.05, 0.1) is 25.4 Å². The van der Waals surface area contributed by atoms with Crippen molar-refractivity contribution in [3.05, 3.63) is 46.3 Å². The van der Waals surface area contributed by atoms with Crippen LogP contribution in [0.3, 0.4) is 0 Å². The van der Waals surface area contributed by atoms with Crippen molar-refractivity contribution in [2.24, 2.45) is 5.11 Å². The van der Waals surface area contributed by atoms with Gasteiger partial charge >= 0.3 is 0 Å². The van der Waals surface area contributed by atoms with Gasteiger partial charge in [-0.3, -0.25) is 0 Å². The van der Waals surface area contributed by atoms with E-state index in [1.165, 1.54) is 0 Å². The van der Waals surface area contributed by atoms with E-state index in [0.717, 1.165) is 5.56 Å². The van der Waals surface area contributed by atoms with Gasteiger partial charge in [0.15, 0.2) is 6.29 Å². The molecular weight excluding hydrogens is 246 g/mol. The molecule has 0 radical (unpaired) electrons. The zero-order valence-electron chi connectivity index (χ0n) is 10.4. The van der Waals surface area contributed by atoms with E-state index in [4.69, 9.17) is 19.7 Å². The summed E-state index contributed by atoms with van der Waals surface area (Å²) < 4.78 is 17.2. The number of fused-ring (bicyclic) bond motifs is 1. The summed E-state index contributed by atoms with van der Waals surface area (Å²) in [5, 5.41) is 3.71. The van der Waals surface area contributed by atoms with Gasteiger partial charge in [-0.2, -0.15) is 0 Å². The first-order chi connectivity index (χ1) is 9.36. The Bertz CT molecular complexity index is 475. The molecule has 0 aromatic heterocycles. The minimum absolute atomic E-state index is 0.0647. The molecule has 1 aromatic carbocycles. The quantitative estimate of drug-likeness (QED) is 0.466. The van der Waals surface area contributed by atoms with Gasteiger partial charge in [0.1, 0.15) is 6.10 Å². The van der Waals surface area contributed by atoms with Crippen LogP contribution >= 0.6 is 0 Å². The number of azide groups is 1. The maximum Gasteiger partial charge on any atom is 0.184 e. The van der Waals surface area contributed by atoms with Crippen molar-refractivity contribution in [1.29, 1.82) is 0 Å². The van der Waals surface area contributed by atoms with E-state index in [1.54, 1.807) is 0 Å².